The maximum atomic E-state index is 11.9. The molecule has 1 fully saturated rings. The highest BCUT2D eigenvalue weighted by Crippen LogP contribution is 2.28. The van der Waals surface area contributed by atoms with Crippen molar-refractivity contribution in [2.24, 2.45) is 0 Å². The van der Waals surface area contributed by atoms with E-state index in [1.54, 1.807) is 0 Å². The van der Waals surface area contributed by atoms with E-state index in [4.69, 9.17) is 10.1 Å². The third kappa shape index (κ3) is 2.68. The van der Waals surface area contributed by atoms with E-state index in [0.29, 0.717) is 13.2 Å². The average molecular weight is 250 g/mol. The van der Waals surface area contributed by atoms with E-state index < -0.39 is 5.44 Å². The molecule has 17 heavy (non-hydrogen) atoms. The van der Waals surface area contributed by atoms with Crippen molar-refractivity contribution in [2.45, 2.75) is 18.9 Å². The number of ether oxygens (including phenoxy) is 1. The second kappa shape index (κ2) is 5.33. The molecule has 1 aliphatic rings. The first-order valence-electron chi connectivity index (χ1n) is 5.44. The lowest BCUT2D eigenvalue weighted by Gasteiger charge is -2.15. The molecule has 1 unspecified atom stereocenters. The average Bonchev–Trinajstić information content (AvgIpc) is 2.59. The number of amidine groups is 1. The first kappa shape index (κ1) is 12.1. The van der Waals surface area contributed by atoms with Gasteiger partial charge in [0.1, 0.15) is 0 Å². The minimum atomic E-state index is -0.545. The number of hydrogen-bond donors (Lipinski definition) is 1. The van der Waals surface area contributed by atoms with Crippen LogP contribution in [0.3, 0.4) is 0 Å². The highest BCUT2D eigenvalue weighted by Gasteiger charge is 2.37. The molecule has 1 atom stereocenters. The van der Waals surface area contributed by atoms with E-state index in [2.05, 4.69) is 0 Å². The smallest absolute Gasteiger partial charge is 0.268 e. The van der Waals surface area contributed by atoms with Gasteiger partial charge in [-0.05, 0) is 24.2 Å². The largest absolute Gasteiger partial charge is 0.357 e. The Morgan fingerprint density at radius 3 is 2.76 bits per heavy atom. The Morgan fingerprint density at radius 1 is 1.41 bits per heavy atom. The second-order valence-corrected chi connectivity index (χ2v) is 4.67. The molecule has 0 aromatic heterocycles. The van der Waals surface area contributed by atoms with Gasteiger partial charge in [-0.2, -0.15) is 0 Å². The van der Waals surface area contributed by atoms with Gasteiger partial charge < -0.3 is 4.74 Å². The lowest BCUT2D eigenvalue weighted by molar-refractivity contribution is -0.133. The first-order chi connectivity index (χ1) is 8.22. The molecule has 0 saturated carbocycles. The van der Waals surface area contributed by atoms with Crippen LogP contribution in [0.2, 0.25) is 0 Å². The van der Waals surface area contributed by atoms with Crippen LogP contribution in [0.15, 0.2) is 30.3 Å². The van der Waals surface area contributed by atoms with E-state index >= 15 is 0 Å². The van der Waals surface area contributed by atoms with Gasteiger partial charge in [-0.15, -0.1) is 0 Å². The number of benzene rings is 1. The molecule has 1 amide bonds. The van der Waals surface area contributed by atoms with Gasteiger partial charge in [-0.25, -0.2) is 0 Å². The predicted molar refractivity (Wildman–Crippen MR) is 67.7 cm³/mol. The van der Waals surface area contributed by atoms with Crippen LogP contribution in [0, 0.1) is 5.41 Å². The number of nitrogens with one attached hydrogen (secondary N) is 1. The Kier molecular flexibility index (Phi) is 3.81. The number of thioether (sulfide) groups is 1. The summed E-state index contributed by atoms with van der Waals surface area (Å²) in [6.07, 6.45) is 0. The summed E-state index contributed by atoms with van der Waals surface area (Å²) in [4.78, 5) is 13.4. The zero-order valence-electron chi connectivity index (χ0n) is 9.55. The lowest BCUT2D eigenvalue weighted by Crippen LogP contribution is -2.32. The molecular weight excluding hydrogens is 236 g/mol. The number of amides is 1. The Bertz CT molecular complexity index is 422. The summed E-state index contributed by atoms with van der Waals surface area (Å²) < 4.78 is 5.28. The molecule has 4 nitrogen and oxygen atoms in total. The van der Waals surface area contributed by atoms with Gasteiger partial charge in [0.05, 0.1) is 6.54 Å². The van der Waals surface area contributed by atoms with Crippen molar-refractivity contribution >= 4 is 22.8 Å². The van der Waals surface area contributed by atoms with Crippen molar-refractivity contribution in [1.29, 1.82) is 5.41 Å². The summed E-state index contributed by atoms with van der Waals surface area (Å²) in [5.74, 6) is -0.134. The Labute approximate surface area is 104 Å². The number of carbonyl (C=O) groups is 1. The van der Waals surface area contributed by atoms with E-state index in [1.807, 2.05) is 37.3 Å². The Balaban J connectivity index is 2.07. The lowest BCUT2D eigenvalue weighted by atomic mass is 10.2. The monoisotopic (exact) mass is 250 g/mol. The molecule has 1 aliphatic heterocycles. The van der Waals surface area contributed by atoms with Gasteiger partial charge in [-0.3, -0.25) is 15.1 Å². The van der Waals surface area contributed by atoms with Crippen LogP contribution >= 0.6 is 11.8 Å². The van der Waals surface area contributed by atoms with E-state index in [-0.39, 0.29) is 11.1 Å². The highest BCUT2D eigenvalue weighted by atomic mass is 32.2. The fourth-order valence-corrected chi connectivity index (χ4v) is 2.53. The SMILES string of the molecule is CCOC1SC(=N)N(Cc2ccccc2)C1=O. The van der Waals surface area contributed by atoms with Crippen LogP contribution in [0.4, 0.5) is 0 Å². The number of hydrogen-bond acceptors (Lipinski definition) is 4. The summed E-state index contributed by atoms with van der Waals surface area (Å²) in [6.45, 7) is 2.77. The van der Waals surface area contributed by atoms with Crippen LogP contribution < -0.4 is 0 Å². The van der Waals surface area contributed by atoms with Crippen molar-refractivity contribution in [3.8, 4) is 0 Å². The standard InChI is InChI=1S/C12H14N2O2S/c1-2-16-11-10(15)14(12(13)17-11)8-9-6-4-3-5-7-9/h3-7,11,13H,2,8H2,1H3. The summed E-state index contributed by atoms with van der Waals surface area (Å²) in [6, 6.07) is 9.66. The zero-order valence-corrected chi connectivity index (χ0v) is 10.4. The van der Waals surface area contributed by atoms with Crippen LogP contribution in [0.1, 0.15) is 12.5 Å². The van der Waals surface area contributed by atoms with Gasteiger partial charge >= 0.3 is 0 Å². The Morgan fingerprint density at radius 2 is 2.12 bits per heavy atom. The third-order valence-corrected chi connectivity index (χ3v) is 3.43. The zero-order chi connectivity index (χ0) is 12.3. The fraction of sp³-hybridized carbons (Fsp3) is 0.333. The summed E-state index contributed by atoms with van der Waals surface area (Å²) in [7, 11) is 0. The number of nitrogens with zero attached hydrogens (tertiary/aromatic N) is 1. The third-order valence-electron chi connectivity index (χ3n) is 2.43. The summed E-state index contributed by atoms with van der Waals surface area (Å²) in [5.41, 5.74) is 0.472. The van der Waals surface area contributed by atoms with Crippen LogP contribution in [-0.4, -0.2) is 28.0 Å². The highest BCUT2D eigenvalue weighted by molar-refractivity contribution is 8.15. The van der Waals surface area contributed by atoms with Crippen molar-refractivity contribution in [1.82, 2.24) is 4.90 Å². The van der Waals surface area contributed by atoms with Gasteiger partial charge in [0, 0.05) is 6.61 Å². The quantitative estimate of drug-likeness (QED) is 0.890. The maximum absolute atomic E-state index is 11.9. The van der Waals surface area contributed by atoms with Gasteiger partial charge in [0.15, 0.2) is 10.6 Å². The molecule has 5 heteroatoms. The van der Waals surface area contributed by atoms with E-state index in [1.165, 1.54) is 4.90 Å². The van der Waals surface area contributed by atoms with E-state index in [0.717, 1.165) is 17.3 Å². The molecule has 90 valence electrons. The van der Waals surface area contributed by atoms with Crippen molar-refractivity contribution < 1.29 is 9.53 Å². The molecule has 0 bridgehead atoms. The molecule has 1 saturated heterocycles. The Hall–Kier alpha value is -1.33. The molecule has 0 aliphatic carbocycles. The minimum Gasteiger partial charge on any atom is -0.357 e. The molecule has 2 rings (SSSR count). The molecule has 1 N–H and O–H groups in total. The number of carbonyl (C=O) groups excluding carboxylic acids is 1. The van der Waals surface area contributed by atoms with Crippen LogP contribution in [0.5, 0.6) is 0 Å². The van der Waals surface area contributed by atoms with Crippen molar-refractivity contribution in [2.75, 3.05) is 6.61 Å². The van der Waals surface area contributed by atoms with Gasteiger partial charge in [0.2, 0.25) is 0 Å². The number of rotatable bonds is 4. The molecule has 1 aromatic rings. The maximum Gasteiger partial charge on any atom is 0.268 e. The van der Waals surface area contributed by atoms with Gasteiger partial charge in [-0.1, -0.05) is 30.3 Å². The molecule has 1 aromatic carbocycles. The molecule has 1 heterocycles. The molecular formula is C12H14N2O2S. The molecule has 0 radical (unpaired) electrons. The molecule has 0 spiro atoms. The van der Waals surface area contributed by atoms with Crippen LogP contribution in [-0.2, 0) is 16.1 Å². The van der Waals surface area contributed by atoms with E-state index in [9.17, 15) is 4.79 Å². The predicted octanol–water partition coefficient (Wildman–Crippen LogP) is 2.06. The van der Waals surface area contributed by atoms with Crippen molar-refractivity contribution in [3.05, 3.63) is 35.9 Å². The summed E-state index contributed by atoms with van der Waals surface area (Å²) in [5, 5.41) is 8.04. The fourth-order valence-electron chi connectivity index (χ4n) is 1.62. The van der Waals surface area contributed by atoms with Crippen LogP contribution in [0.25, 0.3) is 0 Å². The first-order valence-corrected chi connectivity index (χ1v) is 6.32. The topological polar surface area (TPSA) is 53.4 Å². The minimum absolute atomic E-state index is 0.134. The normalized spacial score (nSPS) is 20.1. The van der Waals surface area contributed by atoms with Crippen molar-refractivity contribution in [3.63, 3.8) is 0 Å². The van der Waals surface area contributed by atoms with Gasteiger partial charge in [0.25, 0.3) is 5.91 Å². The summed E-state index contributed by atoms with van der Waals surface area (Å²) >= 11 is 1.16. The second-order valence-electron chi connectivity index (χ2n) is 3.62.